The van der Waals surface area contributed by atoms with Gasteiger partial charge >= 0.3 is 0 Å². The lowest BCUT2D eigenvalue weighted by atomic mass is 9.93. The van der Waals surface area contributed by atoms with E-state index in [0.717, 1.165) is 11.8 Å². The van der Waals surface area contributed by atoms with E-state index >= 15 is 0 Å². The average Bonchev–Trinajstić information content (AvgIpc) is 2.84. The summed E-state index contributed by atoms with van der Waals surface area (Å²) in [6.45, 7) is 10.8. The molecule has 0 aliphatic heterocycles. The molecule has 0 radical (unpaired) electrons. The number of allylic oxidation sites excluding steroid dienone is 3. The molecular weight excluding hydrogens is 180 g/mol. The van der Waals surface area contributed by atoms with Gasteiger partial charge in [0.05, 0.1) is 0 Å². The smallest absolute Gasteiger partial charge is 0.0233 e. The largest absolute Gasteiger partial charge is 0.103 e. The van der Waals surface area contributed by atoms with E-state index in [4.69, 9.17) is 0 Å². The van der Waals surface area contributed by atoms with Gasteiger partial charge in [0.1, 0.15) is 0 Å². The summed E-state index contributed by atoms with van der Waals surface area (Å²) in [6, 6.07) is 0. The third-order valence-corrected chi connectivity index (χ3v) is 3.90. The fourth-order valence-corrected chi connectivity index (χ4v) is 2.53. The minimum atomic E-state index is 0.592. The number of hydrogen-bond donors (Lipinski definition) is 0. The van der Waals surface area contributed by atoms with Crippen LogP contribution in [0.5, 0.6) is 0 Å². The fraction of sp³-hybridized carbons (Fsp3) is 0.733. The van der Waals surface area contributed by atoms with Crippen molar-refractivity contribution in [3.05, 3.63) is 24.8 Å². The summed E-state index contributed by atoms with van der Waals surface area (Å²) in [5.41, 5.74) is 0.592. The maximum Gasteiger partial charge on any atom is -0.0233 e. The first-order chi connectivity index (χ1) is 7.16. The van der Waals surface area contributed by atoms with Gasteiger partial charge < -0.3 is 0 Å². The molecule has 0 heteroatoms. The summed E-state index contributed by atoms with van der Waals surface area (Å²) in [4.78, 5) is 0. The Balaban J connectivity index is 2.35. The molecule has 1 rings (SSSR count). The maximum atomic E-state index is 3.86. The molecule has 3 unspecified atom stereocenters. The molecule has 0 saturated heterocycles. The van der Waals surface area contributed by atoms with E-state index < -0.39 is 0 Å². The van der Waals surface area contributed by atoms with Gasteiger partial charge in [-0.15, -0.1) is 6.58 Å². The molecule has 0 nitrogen and oxygen atoms in total. The quantitative estimate of drug-likeness (QED) is 0.516. The second kappa shape index (κ2) is 5.53. The Labute approximate surface area is 95.5 Å². The van der Waals surface area contributed by atoms with Crippen LogP contribution in [-0.4, -0.2) is 0 Å². The lowest BCUT2D eigenvalue weighted by molar-refractivity contribution is 0.437. The van der Waals surface area contributed by atoms with Crippen molar-refractivity contribution in [1.29, 1.82) is 0 Å². The van der Waals surface area contributed by atoms with E-state index in [0.29, 0.717) is 5.41 Å². The maximum absolute atomic E-state index is 3.86. The zero-order chi connectivity index (χ0) is 11.3. The van der Waals surface area contributed by atoms with Gasteiger partial charge in [-0.25, -0.2) is 0 Å². The van der Waals surface area contributed by atoms with Gasteiger partial charge in [-0.05, 0) is 49.4 Å². The van der Waals surface area contributed by atoms with Crippen LogP contribution in [0.25, 0.3) is 0 Å². The molecule has 0 aromatic rings. The fourth-order valence-electron chi connectivity index (χ4n) is 2.53. The molecule has 0 aromatic carbocycles. The lowest BCUT2D eigenvalue weighted by Crippen LogP contribution is -2.02. The van der Waals surface area contributed by atoms with Crippen molar-refractivity contribution >= 4 is 0 Å². The van der Waals surface area contributed by atoms with E-state index in [9.17, 15) is 0 Å². The highest BCUT2D eigenvalue weighted by Crippen LogP contribution is 2.58. The van der Waals surface area contributed by atoms with Gasteiger partial charge in [0.2, 0.25) is 0 Å². The third kappa shape index (κ3) is 3.52. The monoisotopic (exact) mass is 206 g/mol. The van der Waals surface area contributed by atoms with Crippen molar-refractivity contribution in [2.45, 2.75) is 52.9 Å². The highest BCUT2D eigenvalue weighted by molar-refractivity contribution is 5.04. The van der Waals surface area contributed by atoms with Gasteiger partial charge in [0, 0.05) is 0 Å². The molecule has 3 atom stereocenters. The van der Waals surface area contributed by atoms with Gasteiger partial charge in [-0.3, -0.25) is 0 Å². The van der Waals surface area contributed by atoms with Crippen molar-refractivity contribution in [2.75, 3.05) is 0 Å². The topological polar surface area (TPSA) is 0 Å². The Kier molecular flexibility index (Phi) is 4.63. The van der Waals surface area contributed by atoms with Crippen LogP contribution in [0.4, 0.5) is 0 Å². The summed E-state index contributed by atoms with van der Waals surface area (Å²) >= 11 is 0. The molecule has 0 amide bonds. The van der Waals surface area contributed by atoms with Gasteiger partial charge in [-0.1, -0.05) is 39.0 Å². The zero-order valence-electron chi connectivity index (χ0n) is 10.6. The van der Waals surface area contributed by atoms with Crippen LogP contribution in [0.3, 0.4) is 0 Å². The standard InChI is InChI=1S/C15H26/c1-5-8-9-13(7-3)11-14-12-15(14,4)10-6-2/h6,8-9,13-14H,2,5,7,10-12H2,1,3-4H3. The molecule has 1 saturated carbocycles. The molecule has 0 aromatic heterocycles. The number of hydrogen-bond acceptors (Lipinski definition) is 0. The molecule has 0 bridgehead atoms. The normalized spacial score (nSPS) is 31.8. The first kappa shape index (κ1) is 12.5. The third-order valence-electron chi connectivity index (χ3n) is 3.90. The van der Waals surface area contributed by atoms with Gasteiger partial charge in [-0.2, -0.15) is 0 Å². The minimum absolute atomic E-state index is 0.592. The Hall–Kier alpha value is -0.520. The first-order valence-electron chi connectivity index (χ1n) is 6.43. The molecule has 86 valence electrons. The predicted octanol–water partition coefficient (Wildman–Crippen LogP) is 4.97. The molecule has 0 N–H and O–H groups in total. The Bertz CT molecular complexity index is 226. The summed E-state index contributed by atoms with van der Waals surface area (Å²) in [6.07, 6.45) is 13.3. The molecule has 15 heavy (non-hydrogen) atoms. The van der Waals surface area contributed by atoms with Crippen LogP contribution in [0, 0.1) is 17.3 Å². The van der Waals surface area contributed by atoms with E-state index in [2.05, 4.69) is 45.6 Å². The molecule has 1 fully saturated rings. The highest BCUT2D eigenvalue weighted by Gasteiger charge is 2.48. The summed E-state index contributed by atoms with van der Waals surface area (Å²) in [5, 5.41) is 0. The predicted molar refractivity (Wildman–Crippen MR) is 68.9 cm³/mol. The molecule has 0 heterocycles. The van der Waals surface area contributed by atoms with Gasteiger partial charge in [0.25, 0.3) is 0 Å². The van der Waals surface area contributed by atoms with E-state index in [1.165, 1.54) is 32.1 Å². The average molecular weight is 206 g/mol. The lowest BCUT2D eigenvalue weighted by Gasteiger charge is -2.12. The first-order valence-corrected chi connectivity index (χ1v) is 6.43. The summed E-state index contributed by atoms with van der Waals surface area (Å²) in [7, 11) is 0. The van der Waals surface area contributed by atoms with Crippen LogP contribution in [-0.2, 0) is 0 Å². The van der Waals surface area contributed by atoms with E-state index in [-0.39, 0.29) is 0 Å². The van der Waals surface area contributed by atoms with Crippen LogP contribution in [0.1, 0.15) is 52.9 Å². The summed E-state index contributed by atoms with van der Waals surface area (Å²) in [5.74, 6) is 1.75. The minimum Gasteiger partial charge on any atom is -0.103 e. The van der Waals surface area contributed by atoms with Crippen molar-refractivity contribution in [1.82, 2.24) is 0 Å². The van der Waals surface area contributed by atoms with Crippen molar-refractivity contribution < 1.29 is 0 Å². The SMILES string of the molecule is C=CCC1(C)CC1CC(C=CCC)CC. The van der Waals surface area contributed by atoms with Crippen LogP contribution in [0.15, 0.2) is 24.8 Å². The zero-order valence-corrected chi connectivity index (χ0v) is 10.6. The second-order valence-electron chi connectivity index (χ2n) is 5.29. The summed E-state index contributed by atoms with van der Waals surface area (Å²) < 4.78 is 0. The van der Waals surface area contributed by atoms with Crippen molar-refractivity contribution in [3.8, 4) is 0 Å². The Morgan fingerprint density at radius 2 is 2.20 bits per heavy atom. The highest BCUT2D eigenvalue weighted by atomic mass is 14.5. The van der Waals surface area contributed by atoms with Crippen LogP contribution < -0.4 is 0 Å². The second-order valence-corrected chi connectivity index (χ2v) is 5.29. The molecular formula is C15H26. The van der Waals surface area contributed by atoms with Crippen LogP contribution in [0.2, 0.25) is 0 Å². The number of rotatable bonds is 7. The van der Waals surface area contributed by atoms with Crippen molar-refractivity contribution in [3.63, 3.8) is 0 Å². The van der Waals surface area contributed by atoms with Crippen LogP contribution >= 0.6 is 0 Å². The molecule has 0 spiro atoms. The Morgan fingerprint density at radius 3 is 2.73 bits per heavy atom. The van der Waals surface area contributed by atoms with Gasteiger partial charge in [0.15, 0.2) is 0 Å². The van der Waals surface area contributed by atoms with E-state index in [1.54, 1.807) is 0 Å². The molecule has 1 aliphatic rings. The molecule has 1 aliphatic carbocycles. The van der Waals surface area contributed by atoms with E-state index in [1.807, 2.05) is 0 Å². The van der Waals surface area contributed by atoms with Crippen molar-refractivity contribution in [2.24, 2.45) is 17.3 Å². The Morgan fingerprint density at radius 1 is 1.47 bits per heavy atom.